The smallest absolute Gasteiger partial charge is 0.293 e. The van der Waals surface area contributed by atoms with E-state index in [9.17, 15) is 23.3 Å². The SMILES string of the molecule is CN1CCOC(CNc2ccc(S(=O)(=O)NC(=O)c3ccc(N4CCN(CC5=C(C67CC(C)(C6)C7)CC(C)(C)CC5)CC4)cc3Oc3cnc4[nH]ccc4c3)cc2[N+](=O)[O-])C1. The molecule has 2 saturated heterocycles. The first kappa shape index (κ1) is 41.3. The van der Waals surface area contributed by atoms with Crippen molar-refractivity contribution in [1.29, 1.82) is 0 Å². The van der Waals surface area contributed by atoms with Crippen LogP contribution in [-0.4, -0.2) is 111 Å². The third-order valence-electron chi connectivity index (χ3n) is 13.7. The number of benzene rings is 2. The first-order valence-electron chi connectivity index (χ1n) is 21.4. The summed E-state index contributed by atoms with van der Waals surface area (Å²) in [6.45, 7) is 13.9. The van der Waals surface area contributed by atoms with E-state index < -0.39 is 31.4 Å². The van der Waals surface area contributed by atoms with Crippen LogP contribution in [-0.2, 0) is 14.8 Å². The first-order chi connectivity index (χ1) is 29.1. The van der Waals surface area contributed by atoms with Gasteiger partial charge in [0.1, 0.15) is 22.8 Å². The van der Waals surface area contributed by atoms with Gasteiger partial charge in [-0.25, -0.2) is 18.1 Å². The Morgan fingerprint density at radius 1 is 1.05 bits per heavy atom. The molecule has 2 aromatic carbocycles. The third-order valence-corrected chi connectivity index (χ3v) is 15.0. The molecule has 15 nitrogen and oxygen atoms in total. The molecule has 4 aliphatic carbocycles. The molecule has 2 aromatic heterocycles. The summed E-state index contributed by atoms with van der Waals surface area (Å²) in [5, 5.41) is 15.9. The van der Waals surface area contributed by atoms with Crippen molar-refractivity contribution in [2.75, 3.05) is 76.2 Å². The van der Waals surface area contributed by atoms with Gasteiger partial charge in [0.2, 0.25) is 0 Å². The number of aromatic nitrogens is 2. The number of hydrogen-bond donors (Lipinski definition) is 3. The van der Waals surface area contributed by atoms with Crippen LogP contribution in [0.15, 0.2) is 77.0 Å². The molecule has 10 rings (SSSR count). The summed E-state index contributed by atoms with van der Waals surface area (Å²) in [6, 6.07) is 12.3. The van der Waals surface area contributed by atoms with Crippen molar-refractivity contribution >= 4 is 44.0 Å². The van der Waals surface area contributed by atoms with Crippen LogP contribution in [0.2, 0.25) is 0 Å². The van der Waals surface area contributed by atoms with Crippen molar-refractivity contribution in [3.63, 3.8) is 0 Å². The number of ether oxygens (including phenoxy) is 2. The summed E-state index contributed by atoms with van der Waals surface area (Å²) in [7, 11) is -2.59. The summed E-state index contributed by atoms with van der Waals surface area (Å²) in [5.41, 5.74) is 6.02. The second-order valence-corrected chi connectivity index (χ2v) is 20.9. The van der Waals surface area contributed by atoms with Gasteiger partial charge in [-0.15, -0.1) is 0 Å². The fraction of sp³-hybridized carbons (Fsp3) is 0.511. The molecule has 4 aromatic rings. The largest absolute Gasteiger partial charge is 0.455 e. The van der Waals surface area contributed by atoms with E-state index in [4.69, 9.17) is 9.47 Å². The maximum absolute atomic E-state index is 13.9. The molecule has 3 N–H and O–H groups in total. The topological polar surface area (TPSA) is 175 Å². The van der Waals surface area contributed by atoms with Crippen molar-refractivity contribution in [2.24, 2.45) is 16.2 Å². The second kappa shape index (κ2) is 15.7. The summed E-state index contributed by atoms with van der Waals surface area (Å²) in [5.74, 6) is -0.424. The van der Waals surface area contributed by atoms with Gasteiger partial charge in [0.05, 0.1) is 34.3 Å². The lowest BCUT2D eigenvalue weighted by Crippen LogP contribution is -2.61. The molecule has 61 heavy (non-hydrogen) atoms. The van der Waals surface area contributed by atoms with Crippen LogP contribution in [0.1, 0.15) is 69.7 Å². The number of sulfonamides is 1. The number of nitro groups is 1. The average molecular weight is 853 g/mol. The monoisotopic (exact) mass is 852 g/mol. The Bertz CT molecular complexity index is 2490. The standard InChI is InChI=1S/C45H56N8O7S/c1-43(2)11-9-31(37(22-43)45-27-44(3,28-45)29-45)25-51-13-15-52(16-14-51)32-5-7-36(40(20-32)60-33-19-30-10-12-46-41(30)48-23-33)42(54)49-61(57,58)35-6-8-38(39(21-35)53(55)56)47-24-34-26-50(4)17-18-59-34/h5-8,10,12,19-21,23,34,47H,9,11,13-18,22,24-29H2,1-4H3,(H,46,48)(H,49,54). The van der Waals surface area contributed by atoms with Gasteiger partial charge < -0.3 is 29.6 Å². The minimum Gasteiger partial charge on any atom is -0.455 e. The van der Waals surface area contributed by atoms with Gasteiger partial charge in [-0.3, -0.25) is 19.8 Å². The highest BCUT2D eigenvalue weighted by atomic mass is 32.2. The zero-order chi connectivity index (χ0) is 42.7. The lowest BCUT2D eigenvalue weighted by atomic mass is 9.33. The maximum Gasteiger partial charge on any atom is 0.293 e. The number of rotatable bonds is 13. The van der Waals surface area contributed by atoms with Crippen LogP contribution in [0.3, 0.4) is 0 Å². The van der Waals surface area contributed by atoms with Gasteiger partial charge in [-0.05, 0) is 98.2 Å². The highest BCUT2D eigenvalue weighted by Gasteiger charge is 2.66. The van der Waals surface area contributed by atoms with Crippen LogP contribution in [0.25, 0.3) is 11.0 Å². The summed E-state index contributed by atoms with van der Waals surface area (Å²) in [6.07, 6.45) is 10.8. The summed E-state index contributed by atoms with van der Waals surface area (Å²) >= 11 is 0. The Morgan fingerprint density at radius 2 is 1.84 bits per heavy atom. The number of amides is 1. The van der Waals surface area contributed by atoms with Crippen LogP contribution < -0.4 is 19.7 Å². The van der Waals surface area contributed by atoms with Crippen LogP contribution in [0.5, 0.6) is 11.5 Å². The molecular formula is C45H56N8O7S. The second-order valence-electron chi connectivity index (χ2n) is 19.2. The quantitative estimate of drug-likeness (QED) is 0.0719. The number of carbonyl (C=O) groups excluding carboxylic acids is 1. The Labute approximate surface area is 357 Å². The molecule has 1 atom stereocenters. The summed E-state index contributed by atoms with van der Waals surface area (Å²) < 4.78 is 41.6. The number of fused-ring (bicyclic) bond motifs is 1. The van der Waals surface area contributed by atoms with Gasteiger partial charge in [-0.1, -0.05) is 31.9 Å². The molecule has 3 saturated carbocycles. The van der Waals surface area contributed by atoms with Crippen LogP contribution in [0.4, 0.5) is 17.1 Å². The van der Waals surface area contributed by atoms with Crippen molar-refractivity contribution in [2.45, 2.75) is 70.3 Å². The highest BCUT2D eigenvalue weighted by Crippen LogP contribution is 2.77. The number of piperazine rings is 1. The molecule has 4 heterocycles. The number of pyridine rings is 1. The van der Waals surface area contributed by atoms with Gasteiger partial charge in [0.15, 0.2) is 0 Å². The minimum atomic E-state index is -4.56. The van der Waals surface area contributed by atoms with E-state index in [1.54, 1.807) is 41.7 Å². The first-order valence-corrected chi connectivity index (χ1v) is 22.9. The minimum absolute atomic E-state index is 0.0208. The molecule has 5 fully saturated rings. The number of anilines is 2. The van der Waals surface area contributed by atoms with Crippen molar-refractivity contribution in [3.8, 4) is 11.5 Å². The fourth-order valence-corrected chi connectivity index (χ4v) is 11.6. The van der Waals surface area contributed by atoms with Crippen molar-refractivity contribution in [3.05, 3.63) is 87.7 Å². The van der Waals surface area contributed by atoms with E-state index in [2.05, 4.69) is 55.5 Å². The Balaban J connectivity index is 0.919. The number of nitro benzene ring substituents is 1. The predicted molar refractivity (Wildman–Crippen MR) is 234 cm³/mol. The molecule has 2 bridgehead atoms. The van der Waals surface area contributed by atoms with Crippen molar-refractivity contribution < 1.29 is 27.6 Å². The third kappa shape index (κ3) is 8.47. The normalized spacial score (nSPS) is 25.4. The average Bonchev–Trinajstić information content (AvgIpc) is 3.67. The van der Waals surface area contributed by atoms with E-state index in [1.165, 1.54) is 50.7 Å². The fourth-order valence-electron chi connectivity index (χ4n) is 10.6. The molecule has 1 unspecified atom stereocenters. The number of allylic oxidation sites excluding steroid dienone is 1. The number of likely N-dealkylation sites (N-methyl/N-ethyl adjacent to an activating group) is 1. The number of morpholine rings is 1. The number of H-pyrrole nitrogens is 1. The van der Waals surface area contributed by atoms with Gasteiger partial charge >= 0.3 is 0 Å². The number of hydrogen-bond acceptors (Lipinski definition) is 12. The van der Waals surface area contributed by atoms with E-state index in [-0.39, 0.29) is 23.1 Å². The summed E-state index contributed by atoms with van der Waals surface area (Å²) in [4.78, 5) is 39.4. The number of nitrogens with one attached hydrogen (secondary N) is 3. The Hall–Kier alpha value is -5.03. The molecule has 6 aliphatic rings. The van der Waals surface area contributed by atoms with Crippen LogP contribution in [0, 0.1) is 26.4 Å². The molecular weight excluding hydrogens is 797 g/mol. The lowest BCUT2D eigenvalue weighted by Gasteiger charge is -2.72. The van der Waals surface area contributed by atoms with Gasteiger partial charge in [0, 0.05) is 81.8 Å². The number of carbonyl (C=O) groups is 1. The van der Waals surface area contributed by atoms with E-state index >= 15 is 0 Å². The Kier molecular flexibility index (Phi) is 10.6. The highest BCUT2D eigenvalue weighted by molar-refractivity contribution is 7.90. The molecule has 16 heteroatoms. The predicted octanol–water partition coefficient (Wildman–Crippen LogP) is 6.94. The maximum atomic E-state index is 13.9. The molecule has 2 aliphatic heterocycles. The van der Waals surface area contributed by atoms with Crippen molar-refractivity contribution in [1.82, 2.24) is 24.5 Å². The zero-order valence-corrected chi connectivity index (χ0v) is 36.3. The van der Waals surface area contributed by atoms with E-state index in [0.717, 1.165) is 56.4 Å². The molecule has 1 amide bonds. The molecule has 0 radical (unpaired) electrons. The molecule has 0 spiro atoms. The van der Waals surface area contributed by atoms with E-state index in [1.807, 2.05) is 19.2 Å². The number of aromatic amines is 1. The van der Waals surface area contributed by atoms with Crippen LogP contribution >= 0.6 is 0 Å². The van der Waals surface area contributed by atoms with E-state index in [0.29, 0.717) is 47.3 Å². The Morgan fingerprint density at radius 3 is 2.57 bits per heavy atom. The number of nitrogens with zero attached hydrogens (tertiary/aromatic N) is 5. The zero-order valence-electron chi connectivity index (χ0n) is 35.5. The van der Waals surface area contributed by atoms with Gasteiger partial charge in [0.25, 0.3) is 21.6 Å². The molecule has 324 valence electrons. The lowest BCUT2D eigenvalue weighted by molar-refractivity contribution is -0.384. The van der Waals surface area contributed by atoms with Gasteiger partial charge in [-0.2, -0.15) is 0 Å².